The Hall–Kier alpha value is -1.55. The third kappa shape index (κ3) is 2.19. The molecule has 0 aromatic heterocycles. The molecule has 0 radical (unpaired) electrons. The predicted molar refractivity (Wildman–Crippen MR) is 50.3 cm³/mol. The molecule has 0 amide bonds. The second-order valence-corrected chi connectivity index (χ2v) is 2.67. The summed E-state index contributed by atoms with van der Waals surface area (Å²) in [6.07, 6.45) is 1.73. The fourth-order valence-corrected chi connectivity index (χ4v) is 1.05. The summed E-state index contributed by atoms with van der Waals surface area (Å²) in [5.74, 6) is 0.865. The van der Waals surface area contributed by atoms with E-state index in [1.54, 1.807) is 11.3 Å². The second kappa shape index (κ2) is 3.91. The molecule has 68 valence electrons. The maximum Gasteiger partial charge on any atom is 0.176 e. The molecule has 0 bridgehead atoms. The first kappa shape index (κ1) is 8.07. The van der Waals surface area contributed by atoms with E-state index in [1.807, 2.05) is 30.3 Å². The van der Waals surface area contributed by atoms with Crippen LogP contribution in [0.3, 0.4) is 0 Å². The third-order valence-electron chi connectivity index (χ3n) is 1.70. The first-order valence-electron chi connectivity index (χ1n) is 4.13. The molecule has 0 saturated heterocycles. The van der Waals surface area contributed by atoms with Gasteiger partial charge >= 0.3 is 0 Å². The van der Waals surface area contributed by atoms with E-state index in [0.717, 1.165) is 5.75 Å². The van der Waals surface area contributed by atoms with Crippen LogP contribution in [0.5, 0.6) is 5.75 Å². The van der Waals surface area contributed by atoms with Gasteiger partial charge in [0.15, 0.2) is 6.73 Å². The molecule has 2 rings (SSSR count). The minimum Gasteiger partial charge on any atom is -0.472 e. The minimum atomic E-state index is 0.480. The van der Waals surface area contributed by atoms with E-state index in [9.17, 15) is 0 Å². The lowest BCUT2D eigenvalue weighted by Gasteiger charge is -2.14. The number of hydrazine groups is 1. The summed E-state index contributed by atoms with van der Waals surface area (Å²) in [6, 6.07) is 9.70. The summed E-state index contributed by atoms with van der Waals surface area (Å²) >= 11 is 0. The molecule has 13 heavy (non-hydrogen) atoms. The standard InChI is InChI=1S/C9H11N3O/c1-2-4-9(5-3-1)13-8-12-7-10-6-11-12/h1-5,7,11H,6,8H2. The monoisotopic (exact) mass is 177 g/mol. The Bertz CT molecular complexity index is 286. The summed E-state index contributed by atoms with van der Waals surface area (Å²) < 4.78 is 5.46. The van der Waals surface area contributed by atoms with Gasteiger partial charge in [-0.05, 0) is 12.1 Å². The molecule has 0 atom stereocenters. The number of nitrogens with zero attached hydrogens (tertiary/aromatic N) is 2. The fraction of sp³-hybridized carbons (Fsp3) is 0.222. The number of hydrogen-bond acceptors (Lipinski definition) is 4. The molecule has 0 saturated carbocycles. The van der Waals surface area contributed by atoms with Crippen LogP contribution in [0.1, 0.15) is 0 Å². The zero-order valence-electron chi connectivity index (χ0n) is 7.18. The van der Waals surface area contributed by atoms with Crippen LogP contribution < -0.4 is 10.2 Å². The van der Waals surface area contributed by atoms with Crippen molar-refractivity contribution in [3.05, 3.63) is 30.3 Å². The molecular weight excluding hydrogens is 166 g/mol. The Labute approximate surface area is 76.8 Å². The summed E-state index contributed by atoms with van der Waals surface area (Å²) in [4.78, 5) is 3.99. The highest BCUT2D eigenvalue weighted by molar-refractivity contribution is 5.55. The van der Waals surface area contributed by atoms with Crippen LogP contribution in [0.4, 0.5) is 0 Å². The van der Waals surface area contributed by atoms with Gasteiger partial charge in [0.1, 0.15) is 18.8 Å². The van der Waals surface area contributed by atoms with Crippen molar-refractivity contribution in [3.8, 4) is 5.75 Å². The van der Waals surface area contributed by atoms with Crippen molar-refractivity contribution in [2.45, 2.75) is 0 Å². The van der Waals surface area contributed by atoms with Crippen molar-refractivity contribution in [3.63, 3.8) is 0 Å². The van der Waals surface area contributed by atoms with E-state index in [1.165, 1.54) is 0 Å². The van der Waals surface area contributed by atoms with E-state index < -0.39 is 0 Å². The minimum absolute atomic E-state index is 0.480. The molecule has 1 aliphatic heterocycles. The van der Waals surface area contributed by atoms with Gasteiger partial charge in [-0.3, -0.25) is 10.0 Å². The highest BCUT2D eigenvalue weighted by Crippen LogP contribution is 2.08. The third-order valence-corrected chi connectivity index (χ3v) is 1.70. The quantitative estimate of drug-likeness (QED) is 0.743. The van der Waals surface area contributed by atoms with E-state index in [0.29, 0.717) is 13.4 Å². The summed E-state index contributed by atoms with van der Waals surface area (Å²) in [5.41, 5.74) is 3.01. The van der Waals surface area contributed by atoms with Gasteiger partial charge in [-0.25, -0.2) is 5.43 Å². The van der Waals surface area contributed by atoms with Crippen LogP contribution in [0.15, 0.2) is 35.3 Å². The first-order valence-corrected chi connectivity index (χ1v) is 4.13. The molecular formula is C9H11N3O. The number of hydrogen-bond donors (Lipinski definition) is 1. The van der Waals surface area contributed by atoms with Gasteiger partial charge in [0.25, 0.3) is 0 Å². The summed E-state index contributed by atoms with van der Waals surface area (Å²) in [7, 11) is 0. The van der Waals surface area contributed by atoms with E-state index in [-0.39, 0.29) is 0 Å². The topological polar surface area (TPSA) is 36.9 Å². The zero-order chi connectivity index (χ0) is 8.93. The molecule has 0 fully saturated rings. The molecule has 0 aliphatic carbocycles. The largest absolute Gasteiger partial charge is 0.472 e. The molecule has 0 unspecified atom stereocenters. The van der Waals surface area contributed by atoms with Gasteiger partial charge in [0.05, 0.1) is 0 Å². The summed E-state index contributed by atoms with van der Waals surface area (Å²) in [6.45, 7) is 1.12. The molecule has 1 aliphatic rings. The number of ether oxygens (including phenoxy) is 1. The maximum atomic E-state index is 5.46. The molecule has 4 nitrogen and oxygen atoms in total. The SMILES string of the molecule is C1=NCNN1COc1ccccc1. The van der Waals surface area contributed by atoms with Crippen molar-refractivity contribution < 1.29 is 4.74 Å². The molecule has 4 heteroatoms. The van der Waals surface area contributed by atoms with Crippen LogP contribution in [0.2, 0.25) is 0 Å². The van der Waals surface area contributed by atoms with Crippen molar-refractivity contribution in [1.29, 1.82) is 0 Å². The number of rotatable bonds is 3. The Balaban J connectivity index is 1.82. The van der Waals surface area contributed by atoms with Gasteiger partial charge in [0, 0.05) is 0 Å². The smallest absolute Gasteiger partial charge is 0.176 e. The first-order chi connectivity index (χ1) is 6.45. The van der Waals surface area contributed by atoms with Gasteiger partial charge in [-0.1, -0.05) is 18.2 Å². The average molecular weight is 177 g/mol. The predicted octanol–water partition coefficient (Wildman–Crippen LogP) is 0.829. The van der Waals surface area contributed by atoms with E-state index >= 15 is 0 Å². The van der Waals surface area contributed by atoms with Crippen molar-refractivity contribution in [2.24, 2.45) is 4.99 Å². The summed E-state index contributed by atoms with van der Waals surface area (Å²) in [5, 5.41) is 1.80. The lowest BCUT2D eigenvalue weighted by molar-refractivity contribution is 0.165. The van der Waals surface area contributed by atoms with Crippen LogP contribution in [0, 0.1) is 0 Å². The van der Waals surface area contributed by atoms with E-state index in [2.05, 4.69) is 10.4 Å². The van der Waals surface area contributed by atoms with Crippen LogP contribution >= 0.6 is 0 Å². The molecule has 1 aromatic carbocycles. The van der Waals surface area contributed by atoms with Gasteiger partial charge < -0.3 is 4.74 Å². The second-order valence-electron chi connectivity index (χ2n) is 2.67. The van der Waals surface area contributed by atoms with Crippen LogP contribution in [-0.4, -0.2) is 24.7 Å². The van der Waals surface area contributed by atoms with Crippen molar-refractivity contribution in [2.75, 3.05) is 13.4 Å². The Morgan fingerprint density at radius 2 is 2.23 bits per heavy atom. The van der Waals surface area contributed by atoms with Crippen molar-refractivity contribution in [1.82, 2.24) is 10.4 Å². The normalized spacial score (nSPS) is 14.9. The Morgan fingerprint density at radius 1 is 1.38 bits per heavy atom. The van der Waals surface area contributed by atoms with Gasteiger partial charge in [-0.2, -0.15) is 0 Å². The number of nitrogens with one attached hydrogen (secondary N) is 1. The van der Waals surface area contributed by atoms with Gasteiger partial charge in [0.2, 0.25) is 0 Å². The van der Waals surface area contributed by atoms with Gasteiger partial charge in [-0.15, -0.1) is 0 Å². The maximum absolute atomic E-state index is 5.46. The van der Waals surface area contributed by atoms with E-state index in [4.69, 9.17) is 4.74 Å². The number of aliphatic imine (C=N–C) groups is 1. The number of para-hydroxylation sites is 1. The van der Waals surface area contributed by atoms with Crippen LogP contribution in [-0.2, 0) is 0 Å². The Kier molecular flexibility index (Phi) is 2.43. The Morgan fingerprint density at radius 3 is 2.92 bits per heavy atom. The fourth-order valence-electron chi connectivity index (χ4n) is 1.05. The highest BCUT2D eigenvalue weighted by atomic mass is 16.5. The zero-order valence-corrected chi connectivity index (χ0v) is 7.18. The van der Waals surface area contributed by atoms with Crippen LogP contribution in [0.25, 0.3) is 0 Å². The highest BCUT2D eigenvalue weighted by Gasteiger charge is 2.03. The lowest BCUT2D eigenvalue weighted by Crippen LogP contribution is -2.34. The van der Waals surface area contributed by atoms with Crippen molar-refractivity contribution >= 4 is 6.34 Å². The molecule has 1 aromatic rings. The molecule has 1 heterocycles. The molecule has 0 spiro atoms. The average Bonchev–Trinajstić information content (AvgIpc) is 2.69. The number of benzene rings is 1. The lowest BCUT2D eigenvalue weighted by atomic mass is 10.3. The molecule has 1 N–H and O–H groups in total.